The van der Waals surface area contributed by atoms with Gasteiger partial charge >= 0.3 is 6.18 Å². The molecule has 4 rings (SSSR count). The quantitative estimate of drug-likeness (QED) is 0.461. The summed E-state index contributed by atoms with van der Waals surface area (Å²) in [7, 11) is 0. The minimum Gasteiger partial charge on any atom is -0.475 e. The summed E-state index contributed by atoms with van der Waals surface area (Å²) >= 11 is 0. The summed E-state index contributed by atoms with van der Waals surface area (Å²) in [5, 5.41) is 0. The third-order valence-electron chi connectivity index (χ3n) is 5.96. The summed E-state index contributed by atoms with van der Waals surface area (Å²) in [6.07, 6.45) is 0.343. The molecule has 3 aromatic rings. The molecule has 1 aliphatic heterocycles. The van der Waals surface area contributed by atoms with Gasteiger partial charge in [-0.25, -0.2) is 23.7 Å². The van der Waals surface area contributed by atoms with Gasteiger partial charge in [0.05, 0.1) is 22.7 Å². The van der Waals surface area contributed by atoms with Crippen molar-refractivity contribution < 1.29 is 31.5 Å². The molecule has 1 saturated heterocycles. The molecule has 0 spiro atoms. The summed E-state index contributed by atoms with van der Waals surface area (Å²) < 4.78 is 72.8. The second-order valence-electron chi connectivity index (χ2n) is 8.24. The fraction of sp³-hybridized carbons (Fsp3) is 0.333. The van der Waals surface area contributed by atoms with E-state index < -0.39 is 35.3 Å². The van der Waals surface area contributed by atoms with Gasteiger partial charge in [0.25, 0.3) is 5.91 Å². The summed E-state index contributed by atoms with van der Waals surface area (Å²) in [6.45, 7) is 2.22. The van der Waals surface area contributed by atoms with Crippen LogP contribution in [0.3, 0.4) is 0 Å². The van der Waals surface area contributed by atoms with E-state index >= 15 is 0 Å². The fourth-order valence-corrected chi connectivity index (χ4v) is 4.09. The number of nitrogens with zero attached hydrogens (tertiary/aromatic N) is 4. The topological polar surface area (TPSA) is 68.2 Å². The van der Waals surface area contributed by atoms with Gasteiger partial charge in [-0.15, -0.1) is 0 Å². The van der Waals surface area contributed by atoms with E-state index in [1.165, 1.54) is 29.4 Å². The summed E-state index contributed by atoms with van der Waals surface area (Å²) in [4.78, 5) is 26.7. The highest BCUT2D eigenvalue weighted by Gasteiger charge is 2.35. The van der Waals surface area contributed by atoms with Gasteiger partial charge in [0, 0.05) is 31.2 Å². The largest absolute Gasteiger partial charge is 0.475 e. The highest BCUT2D eigenvalue weighted by molar-refractivity contribution is 6.00. The molecule has 184 valence electrons. The predicted octanol–water partition coefficient (Wildman–Crippen LogP) is 5.16. The van der Waals surface area contributed by atoms with Crippen molar-refractivity contribution in [2.75, 3.05) is 13.2 Å². The molecule has 0 aliphatic carbocycles. The number of hydrogen-bond donors (Lipinski definition) is 0. The van der Waals surface area contributed by atoms with Crippen LogP contribution in [0.15, 0.2) is 48.9 Å². The van der Waals surface area contributed by atoms with Crippen molar-refractivity contribution in [3.8, 4) is 17.3 Å². The number of ether oxygens (including phenoxy) is 1. The van der Waals surface area contributed by atoms with Crippen LogP contribution in [-0.4, -0.2) is 45.0 Å². The van der Waals surface area contributed by atoms with Crippen molar-refractivity contribution >= 4 is 5.91 Å². The Balaban J connectivity index is 1.60. The molecule has 11 heteroatoms. The number of piperidine rings is 1. The van der Waals surface area contributed by atoms with E-state index in [2.05, 4.69) is 15.0 Å². The second-order valence-corrected chi connectivity index (χ2v) is 8.24. The Morgan fingerprint density at radius 3 is 2.51 bits per heavy atom. The lowest BCUT2D eigenvalue weighted by atomic mass is 9.90. The van der Waals surface area contributed by atoms with Crippen LogP contribution in [0.5, 0.6) is 5.88 Å². The van der Waals surface area contributed by atoms with Gasteiger partial charge in [-0.1, -0.05) is 6.92 Å². The van der Waals surface area contributed by atoms with E-state index in [1.807, 2.05) is 6.92 Å². The van der Waals surface area contributed by atoms with Crippen molar-refractivity contribution in [1.29, 1.82) is 0 Å². The maximum atomic E-state index is 14.8. The standard InChI is InChI=1S/C24H21F5N4O2/c1-14-4-2-11-33(18(14)13-35-19-8-5-15(12-32-19)24(27,28)29)23(34)16-6-7-17(25)21(26)20(16)22-30-9-3-10-31-22/h3,5-10,12,14,18H,2,4,11,13H2,1H3/t14-,18-/m1/s1. The number of aromatic nitrogens is 3. The van der Waals surface area contributed by atoms with Crippen LogP contribution in [0.1, 0.15) is 35.7 Å². The van der Waals surface area contributed by atoms with Crippen LogP contribution in [0.25, 0.3) is 11.4 Å². The molecular weight excluding hydrogens is 471 g/mol. The van der Waals surface area contributed by atoms with Gasteiger partial charge in [-0.05, 0) is 43.0 Å². The molecule has 2 aromatic heterocycles. The number of carbonyl (C=O) groups excluding carboxylic acids is 1. The predicted molar refractivity (Wildman–Crippen MR) is 115 cm³/mol. The Hall–Kier alpha value is -3.63. The van der Waals surface area contributed by atoms with Gasteiger partial charge in [-0.3, -0.25) is 4.79 Å². The lowest BCUT2D eigenvalue weighted by Gasteiger charge is -2.40. The Morgan fingerprint density at radius 1 is 1.11 bits per heavy atom. The van der Waals surface area contributed by atoms with Crippen molar-refractivity contribution in [2.24, 2.45) is 5.92 Å². The smallest absolute Gasteiger partial charge is 0.417 e. The number of rotatable bonds is 5. The van der Waals surface area contributed by atoms with E-state index in [0.717, 1.165) is 24.6 Å². The van der Waals surface area contributed by atoms with Crippen LogP contribution in [0.4, 0.5) is 22.0 Å². The van der Waals surface area contributed by atoms with E-state index in [4.69, 9.17) is 4.74 Å². The number of pyridine rings is 1. The average Bonchev–Trinajstić information content (AvgIpc) is 2.84. The molecule has 3 heterocycles. The second kappa shape index (κ2) is 9.93. The lowest BCUT2D eigenvalue weighted by molar-refractivity contribution is -0.137. The Bertz CT molecular complexity index is 1190. The minimum atomic E-state index is -4.52. The van der Waals surface area contributed by atoms with Crippen molar-refractivity contribution in [1.82, 2.24) is 19.9 Å². The van der Waals surface area contributed by atoms with Gasteiger partial charge in [0.2, 0.25) is 5.88 Å². The van der Waals surface area contributed by atoms with Crippen LogP contribution in [-0.2, 0) is 6.18 Å². The van der Waals surface area contributed by atoms with Crippen molar-refractivity contribution in [2.45, 2.75) is 32.0 Å². The normalized spacial score (nSPS) is 18.4. The first-order valence-electron chi connectivity index (χ1n) is 10.9. The van der Waals surface area contributed by atoms with E-state index in [9.17, 15) is 26.7 Å². The first kappa shape index (κ1) is 24.5. The average molecular weight is 492 g/mol. The molecule has 1 aromatic carbocycles. The number of benzene rings is 1. The van der Waals surface area contributed by atoms with E-state index in [0.29, 0.717) is 19.2 Å². The van der Waals surface area contributed by atoms with Crippen LogP contribution in [0, 0.1) is 17.6 Å². The molecule has 35 heavy (non-hydrogen) atoms. The number of carbonyl (C=O) groups is 1. The molecule has 6 nitrogen and oxygen atoms in total. The molecule has 1 aliphatic rings. The highest BCUT2D eigenvalue weighted by atomic mass is 19.4. The summed E-state index contributed by atoms with van der Waals surface area (Å²) in [5.41, 5.74) is -1.33. The van der Waals surface area contributed by atoms with E-state index in [1.54, 1.807) is 0 Å². The molecule has 0 radical (unpaired) electrons. The van der Waals surface area contributed by atoms with Gasteiger partial charge in [0.15, 0.2) is 17.5 Å². The molecule has 0 bridgehead atoms. The number of halogens is 5. The minimum absolute atomic E-state index is 0.0191. The lowest BCUT2D eigenvalue weighted by Crippen LogP contribution is -2.50. The maximum Gasteiger partial charge on any atom is 0.417 e. The zero-order valence-corrected chi connectivity index (χ0v) is 18.6. The molecular formula is C24H21F5N4O2. The van der Waals surface area contributed by atoms with Crippen LogP contribution >= 0.6 is 0 Å². The summed E-state index contributed by atoms with van der Waals surface area (Å²) in [6, 6.07) is 5.09. The number of amides is 1. The van der Waals surface area contributed by atoms with Gasteiger partial charge in [0.1, 0.15) is 6.61 Å². The highest BCUT2D eigenvalue weighted by Crippen LogP contribution is 2.32. The van der Waals surface area contributed by atoms with Crippen LogP contribution < -0.4 is 4.74 Å². The number of alkyl halides is 3. The Labute approximate surface area is 197 Å². The molecule has 0 unspecified atom stereocenters. The maximum absolute atomic E-state index is 14.8. The SMILES string of the molecule is C[C@@H]1CCCN(C(=O)c2ccc(F)c(F)c2-c2ncccn2)[C@@H]1COc1ccc(C(F)(F)F)cn1. The molecule has 2 atom stereocenters. The van der Waals surface area contributed by atoms with Crippen LogP contribution in [0.2, 0.25) is 0 Å². The molecule has 0 saturated carbocycles. The molecule has 1 fully saturated rings. The third kappa shape index (κ3) is 5.23. The first-order chi connectivity index (χ1) is 16.7. The van der Waals surface area contributed by atoms with E-state index in [-0.39, 0.29) is 35.4 Å². The zero-order chi connectivity index (χ0) is 25.2. The Morgan fingerprint density at radius 2 is 1.86 bits per heavy atom. The summed E-state index contributed by atoms with van der Waals surface area (Å²) in [5.74, 6) is -3.08. The van der Waals surface area contributed by atoms with Crippen molar-refractivity contribution in [3.05, 3.63) is 71.7 Å². The van der Waals surface area contributed by atoms with Gasteiger partial charge < -0.3 is 9.64 Å². The van der Waals surface area contributed by atoms with Crippen molar-refractivity contribution in [3.63, 3.8) is 0 Å². The first-order valence-corrected chi connectivity index (χ1v) is 10.9. The number of hydrogen-bond acceptors (Lipinski definition) is 5. The van der Waals surface area contributed by atoms with Gasteiger partial charge in [-0.2, -0.15) is 13.2 Å². The third-order valence-corrected chi connectivity index (χ3v) is 5.96. The number of likely N-dealkylation sites (tertiary alicyclic amines) is 1. The monoisotopic (exact) mass is 492 g/mol. The molecule has 1 amide bonds. The fourth-order valence-electron chi connectivity index (χ4n) is 4.09. The zero-order valence-electron chi connectivity index (χ0n) is 18.6. The Kier molecular flexibility index (Phi) is 6.95. The molecule has 0 N–H and O–H groups in total.